The predicted octanol–water partition coefficient (Wildman–Crippen LogP) is 3.04. The molecule has 18 heavy (non-hydrogen) atoms. The van der Waals surface area contributed by atoms with Crippen molar-refractivity contribution in [3.8, 4) is 0 Å². The molecule has 5 nitrogen and oxygen atoms in total. The Labute approximate surface area is 110 Å². The van der Waals surface area contributed by atoms with Gasteiger partial charge in [0, 0.05) is 31.2 Å². The van der Waals surface area contributed by atoms with Crippen LogP contribution in [0.15, 0.2) is 23.4 Å². The molecular weight excluding hydrogens is 254 g/mol. The van der Waals surface area contributed by atoms with E-state index in [1.54, 1.807) is 37.2 Å². The molecular formula is C12H14ClN3O2. The van der Waals surface area contributed by atoms with Gasteiger partial charge in [-0.3, -0.25) is 4.90 Å². The summed E-state index contributed by atoms with van der Waals surface area (Å²) in [5, 5.41) is 3.65. The third-order valence-electron chi connectivity index (χ3n) is 3.01. The maximum atomic E-state index is 12.1. The number of benzene rings is 1. The summed E-state index contributed by atoms with van der Waals surface area (Å²) >= 11 is 5.93. The molecule has 0 spiro atoms. The number of rotatable bonds is 1. The first kappa shape index (κ1) is 12.8. The number of carbonyl (C=O) groups excluding carboxylic acids is 1. The highest BCUT2D eigenvalue weighted by molar-refractivity contribution is 6.30. The van der Waals surface area contributed by atoms with Gasteiger partial charge in [0.05, 0.1) is 5.69 Å². The van der Waals surface area contributed by atoms with E-state index in [0.29, 0.717) is 23.7 Å². The number of hydrogen-bond acceptors (Lipinski definition) is 3. The van der Waals surface area contributed by atoms with Crippen LogP contribution >= 0.6 is 11.6 Å². The van der Waals surface area contributed by atoms with Crippen molar-refractivity contribution in [3.05, 3.63) is 33.7 Å². The zero-order valence-corrected chi connectivity index (χ0v) is 11.0. The number of anilines is 1. The lowest BCUT2D eigenvalue weighted by Crippen LogP contribution is -2.42. The maximum Gasteiger partial charge on any atom is 0.323 e. The molecule has 0 saturated carbocycles. The van der Waals surface area contributed by atoms with Gasteiger partial charge in [0.25, 0.3) is 0 Å². The molecule has 0 bridgehead atoms. The van der Waals surface area contributed by atoms with E-state index in [4.69, 9.17) is 11.6 Å². The average Bonchev–Trinajstić information content (AvgIpc) is 2.36. The number of carbonyl (C=O) groups is 1. The molecule has 1 aromatic rings. The number of urea groups is 1. The van der Waals surface area contributed by atoms with Gasteiger partial charge in [0.1, 0.15) is 6.04 Å². The van der Waals surface area contributed by atoms with Crippen molar-refractivity contribution in [2.75, 3.05) is 25.5 Å². The molecule has 1 heterocycles. The quantitative estimate of drug-likeness (QED) is 0.735. The Balaban J connectivity index is 2.46. The molecule has 0 N–H and O–H groups in total. The van der Waals surface area contributed by atoms with Gasteiger partial charge in [-0.25, -0.2) is 4.79 Å². The van der Waals surface area contributed by atoms with Crippen molar-refractivity contribution < 1.29 is 4.79 Å². The number of nitroso groups, excluding NO2 is 1. The number of nitrogens with zero attached hydrogens (tertiary/aromatic N) is 3. The van der Waals surface area contributed by atoms with Crippen molar-refractivity contribution in [3.63, 3.8) is 0 Å². The van der Waals surface area contributed by atoms with E-state index in [1.807, 2.05) is 0 Å². The van der Waals surface area contributed by atoms with Crippen LogP contribution in [0.1, 0.15) is 18.0 Å². The minimum atomic E-state index is -0.426. The normalized spacial score (nSPS) is 18.2. The second-order valence-electron chi connectivity index (χ2n) is 4.44. The number of amides is 2. The minimum absolute atomic E-state index is 0.108. The molecule has 0 saturated heterocycles. The van der Waals surface area contributed by atoms with Crippen LogP contribution in [-0.4, -0.2) is 31.6 Å². The molecule has 0 radical (unpaired) electrons. The largest absolute Gasteiger partial charge is 0.330 e. The summed E-state index contributed by atoms with van der Waals surface area (Å²) < 4.78 is 0. The Morgan fingerprint density at radius 2 is 2.22 bits per heavy atom. The van der Waals surface area contributed by atoms with Crippen LogP contribution < -0.4 is 4.90 Å². The van der Waals surface area contributed by atoms with Gasteiger partial charge < -0.3 is 4.90 Å². The van der Waals surface area contributed by atoms with Gasteiger partial charge in [-0.1, -0.05) is 16.8 Å². The number of halogens is 1. The average molecular weight is 268 g/mol. The van der Waals surface area contributed by atoms with E-state index in [-0.39, 0.29) is 6.03 Å². The Bertz CT molecular complexity index is 490. The molecule has 2 amide bonds. The summed E-state index contributed by atoms with van der Waals surface area (Å²) in [6.45, 7) is 0.488. The van der Waals surface area contributed by atoms with E-state index in [1.165, 1.54) is 4.90 Å². The fourth-order valence-electron chi connectivity index (χ4n) is 2.12. The van der Waals surface area contributed by atoms with Gasteiger partial charge >= 0.3 is 6.03 Å². The van der Waals surface area contributed by atoms with Crippen LogP contribution in [0.3, 0.4) is 0 Å². The highest BCUT2D eigenvalue weighted by Crippen LogP contribution is 2.37. The molecule has 6 heteroatoms. The summed E-state index contributed by atoms with van der Waals surface area (Å²) in [6.07, 6.45) is 0.524. The number of fused-ring (bicyclic) bond motifs is 1. The van der Waals surface area contributed by atoms with Crippen LogP contribution in [0, 0.1) is 4.91 Å². The lowest BCUT2D eigenvalue weighted by molar-refractivity contribution is 0.223. The van der Waals surface area contributed by atoms with E-state index in [2.05, 4.69) is 5.18 Å². The molecule has 1 aliphatic rings. The van der Waals surface area contributed by atoms with E-state index in [0.717, 1.165) is 5.56 Å². The number of hydrogen-bond donors (Lipinski definition) is 0. The summed E-state index contributed by atoms with van der Waals surface area (Å²) in [7, 11) is 3.39. The summed E-state index contributed by atoms with van der Waals surface area (Å²) in [4.78, 5) is 26.0. The highest BCUT2D eigenvalue weighted by atomic mass is 35.5. The summed E-state index contributed by atoms with van der Waals surface area (Å²) in [5.41, 5.74) is 1.44. The predicted molar refractivity (Wildman–Crippen MR) is 71.0 cm³/mol. The molecule has 1 aliphatic heterocycles. The van der Waals surface area contributed by atoms with Crippen LogP contribution in [0.4, 0.5) is 10.5 Å². The standard InChI is InChI=1S/C12H14ClN3O2/c1-15(2)12(17)16-6-5-10(14-18)9-7-8(13)3-4-11(9)16/h3-4,7,10H,5-6H2,1-2H3. The first-order valence-corrected chi connectivity index (χ1v) is 6.03. The Kier molecular flexibility index (Phi) is 3.52. The van der Waals surface area contributed by atoms with Crippen LogP contribution in [0.5, 0.6) is 0 Å². The van der Waals surface area contributed by atoms with Gasteiger partial charge in [-0.05, 0) is 24.6 Å². The first-order valence-electron chi connectivity index (χ1n) is 5.65. The van der Waals surface area contributed by atoms with Crippen LogP contribution in [-0.2, 0) is 0 Å². The molecule has 0 aromatic heterocycles. The van der Waals surface area contributed by atoms with Crippen LogP contribution in [0.2, 0.25) is 5.02 Å². The monoisotopic (exact) mass is 267 g/mol. The molecule has 96 valence electrons. The first-order chi connectivity index (χ1) is 8.54. The summed E-state index contributed by atoms with van der Waals surface area (Å²) in [5.74, 6) is 0. The van der Waals surface area contributed by atoms with E-state index in [9.17, 15) is 9.70 Å². The zero-order chi connectivity index (χ0) is 13.3. The van der Waals surface area contributed by atoms with Gasteiger partial charge in [0.15, 0.2) is 0 Å². The Morgan fingerprint density at radius 1 is 1.50 bits per heavy atom. The minimum Gasteiger partial charge on any atom is -0.330 e. The van der Waals surface area contributed by atoms with Gasteiger partial charge in [-0.15, -0.1) is 0 Å². The maximum absolute atomic E-state index is 12.1. The van der Waals surface area contributed by atoms with Crippen LogP contribution in [0.25, 0.3) is 0 Å². The lowest BCUT2D eigenvalue weighted by atomic mass is 9.97. The fourth-order valence-corrected chi connectivity index (χ4v) is 2.30. The molecule has 1 atom stereocenters. The van der Waals surface area contributed by atoms with E-state index < -0.39 is 6.04 Å². The lowest BCUT2D eigenvalue weighted by Gasteiger charge is -2.33. The molecule has 0 fully saturated rings. The zero-order valence-electron chi connectivity index (χ0n) is 10.3. The van der Waals surface area contributed by atoms with Gasteiger partial charge in [-0.2, -0.15) is 4.91 Å². The SMILES string of the molecule is CN(C)C(=O)N1CCC(N=O)c2cc(Cl)ccc21. The second kappa shape index (κ2) is 4.94. The van der Waals surface area contributed by atoms with Crippen molar-refractivity contribution in [2.24, 2.45) is 5.18 Å². The van der Waals surface area contributed by atoms with Crippen molar-refractivity contribution in [1.29, 1.82) is 0 Å². The Morgan fingerprint density at radius 3 is 2.83 bits per heavy atom. The van der Waals surface area contributed by atoms with Crippen molar-refractivity contribution >= 4 is 23.3 Å². The smallest absolute Gasteiger partial charge is 0.323 e. The third-order valence-corrected chi connectivity index (χ3v) is 3.24. The van der Waals surface area contributed by atoms with E-state index >= 15 is 0 Å². The highest BCUT2D eigenvalue weighted by Gasteiger charge is 2.30. The summed E-state index contributed by atoms with van der Waals surface area (Å²) in [6, 6.07) is 4.64. The molecule has 1 unspecified atom stereocenters. The van der Waals surface area contributed by atoms with Gasteiger partial charge in [0.2, 0.25) is 0 Å². The topological polar surface area (TPSA) is 53.0 Å². The fraction of sp³-hybridized carbons (Fsp3) is 0.417. The second-order valence-corrected chi connectivity index (χ2v) is 4.88. The van der Waals surface area contributed by atoms with Crippen molar-refractivity contribution in [2.45, 2.75) is 12.5 Å². The molecule has 0 aliphatic carbocycles. The molecule has 1 aromatic carbocycles. The van der Waals surface area contributed by atoms with Crippen molar-refractivity contribution in [1.82, 2.24) is 4.90 Å². The molecule has 2 rings (SSSR count). The Hall–Kier alpha value is -1.62. The third kappa shape index (κ3) is 2.18.